The van der Waals surface area contributed by atoms with Crippen LogP contribution in [0.5, 0.6) is 0 Å². The third kappa shape index (κ3) is 5.78. The molecule has 0 saturated heterocycles. The number of rotatable bonds is 1. The van der Waals surface area contributed by atoms with Gasteiger partial charge in [-0.05, 0) is 69.6 Å². The van der Waals surface area contributed by atoms with Gasteiger partial charge in [0.15, 0.2) is 0 Å². The molecule has 2 aliphatic carbocycles. The predicted octanol–water partition coefficient (Wildman–Crippen LogP) is -1.54. The Bertz CT molecular complexity index is 837. The Balaban J connectivity index is 0.00000181. The summed E-state index contributed by atoms with van der Waals surface area (Å²) in [4.78, 5) is 0. The van der Waals surface area contributed by atoms with Crippen LogP contribution in [-0.2, 0) is 12.8 Å². The van der Waals surface area contributed by atoms with Crippen molar-refractivity contribution in [3.8, 4) is 0 Å². The third-order valence-electron chi connectivity index (χ3n) is 7.82. The minimum atomic E-state index is -0.770. The maximum atomic E-state index is 14.1. The molecule has 0 aliphatic heterocycles. The average molecular weight is 483 g/mol. The van der Waals surface area contributed by atoms with E-state index in [4.69, 9.17) is 0 Å². The van der Waals surface area contributed by atoms with Crippen molar-refractivity contribution in [1.82, 2.24) is 0 Å². The van der Waals surface area contributed by atoms with Gasteiger partial charge in [0.2, 0.25) is 0 Å². The second-order valence-corrected chi connectivity index (χ2v) is 11.7. The quantitative estimate of drug-likeness (QED) is 0.463. The standard InChI is InChI=1S/C28H36O2.2K/c1-27(2,3)21-15-17-11-7-9-13-19(17)23(25(21)29)24-20-14-10-8-12-18(20)16-22(26(24)30)28(4,5)6;;/h7-14,21-26H,15-16H2,1-6H3;;/q-2;2*+1/t21-,22?,23?,24?,25-,26?;;/m0../s1. The fourth-order valence-electron chi connectivity index (χ4n) is 6.04. The molecule has 2 nitrogen and oxygen atoms in total. The zero-order valence-corrected chi connectivity index (χ0v) is 27.6. The SMILES string of the molecule is CC(C)(C)C1Cc2ccccc2C(C2c3ccccc3C[C@H](C(C)(C)C)[C@@H]2[O-])C1[O-].[K+].[K+]. The van der Waals surface area contributed by atoms with E-state index in [1.165, 1.54) is 11.1 Å². The van der Waals surface area contributed by atoms with Crippen molar-refractivity contribution in [3.63, 3.8) is 0 Å². The van der Waals surface area contributed by atoms with Gasteiger partial charge in [-0.1, -0.05) is 90.1 Å². The van der Waals surface area contributed by atoms with Crippen molar-refractivity contribution < 1.29 is 113 Å². The van der Waals surface area contributed by atoms with E-state index < -0.39 is 12.2 Å². The van der Waals surface area contributed by atoms with Crippen LogP contribution in [0.15, 0.2) is 48.5 Å². The molecule has 0 fully saturated rings. The molecule has 0 bridgehead atoms. The first-order chi connectivity index (χ1) is 14.0. The summed E-state index contributed by atoms with van der Waals surface area (Å²) in [5.41, 5.74) is 4.58. The van der Waals surface area contributed by atoms with Gasteiger partial charge in [-0.2, -0.15) is 0 Å². The van der Waals surface area contributed by atoms with E-state index in [0.29, 0.717) is 0 Å². The van der Waals surface area contributed by atoms with E-state index in [1.807, 2.05) is 12.1 Å². The molecule has 2 aromatic rings. The summed E-state index contributed by atoms with van der Waals surface area (Å²) in [7, 11) is 0. The Morgan fingerprint density at radius 1 is 0.594 bits per heavy atom. The summed E-state index contributed by atoms with van der Waals surface area (Å²) >= 11 is 0. The van der Waals surface area contributed by atoms with E-state index in [9.17, 15) is 10.2 Å². The Hall–Kier alpha value is 1.63. The van der Waals surface area contributed by atoms with Crippen LogP contribution in [0.4, 0.5) is 0 Å². The molecule has 0 saturated carbocycles. The normalized spacial score (nSPS) is 29.8. The van der Waals surface area contributed by atoms with E-state index in [-0.39, 0.29) is 137 Å². The van der Waals surface area contributed by atoms with Gasteiger partial charge in [-0.15, -0.1) is 12.2 Å². The van der Waals surface area contributed by atoms with Crippen LogP contribution in [0.1, 0.15) is 75.6 Å². The molecule has 0 heterocycles. The summed E-state index contributed by atoms with van der Waals surface area (Å²) in [6, 6.07) is 16.8. The molecule has 0 N–H and O–H groups in total. The monoisotopic (exact) mass is 482 g/mol. The first-order valence-electron chi connectivity index (χ1n) is 11.5. The zero-order valence-electron chi connectivity index (χ0n) is 21.3. The summed E-state index contributed by atoms with van der Waals surface area (Å²) in [6.45, 7) is 13.1. The Labute approximate surface area is 280 Å². The van der Waals surface area contributed by atoms with Crippen LogP contribution in [-0.4, -0.2) is 12.2 Å². The maximum absolute atomic E-state index is 14.1. The summed E-state index contributed by atoms with van der Waals surface area (Å²) in [6.07, 6.45) is 0.0804. The van der Waals surface area contributed by atoms with Gasteiger partial charge in [0.05, 0.1) is 0 Å². The largest absolute Gasteiger partial charge is 1.00 e. The fourth-order valence-corrected chi connectivity index (χ4v) is 6.04. The number of fused-ring (bicyclic) bond motifs is 2. The molecular formula is C28H36K2O2. The third-order valence-corrected chi connectivity index (χ3v) is 7.82. The molecule has 0 spiro atoms. The molecule has 4 heteroatoms. The fraction of sp³-hybridized carbons (Fsp3) is 0.571. The molecule has 2 aromatic carbocycles. The van der Waals surface area contributed by atoms with Crippen LogP contribution in [0.2, 0.25) is 0 Å². The van der Waals surface area contributed by atoms with Crippen molar-refractivity contribution >= 4 is 0 Å². The van der Waals surface area contributed by atoms with Crippen molar-refractivity contribution in [2.24, 2.45) is 22.7 Å². The number of benzene rings is 2. The second kappa shape index (κ2) is 11.4. The molecule has 6 atom stereocenters. The molecule has 4 unspecified atom stereocenters. The Morgan fingerprint density at radius 3 is 1.22 bits per heavy atom. The summed E-state index contributed by atoms with van der Waals surface area (Å²) in [5.74, 6) is -0.500. The van der Waals surface area contributed by atoms with Crippen LogP contribution >= 0.6 is 0 Å². The van der Waals surface area contributed by atoms with Gasteiger partial charge < -0.3 is 10.2 Å². The smallest absolute Gasteiger partial charge is 0.851 e. The Morgan fingerprint density at radius 2 is 0.906 bits per heavy atom. The second-order valence-electron chi connectivity index (χ2n) is 11.7. The number of hydrogen-bond donors (Lipinski definition) is 0. The maximum Gasteiger partial charge on any atom is 1.00 e. The van der Waals surface area contributed by atoms with Crippen molar-refractivity contribution in [1.29, 1.82) is 0 Å². The number of hydrogen-bond acceptors (Lipinski definition) is 2. The zero-order chi connectivity index (χ0) is 21.8. The van der Waals surface area contributed by atoms with Crippen LogP contribution in [0, 0.1) is 22.7 Å². The molecule has 162 valence electrons. The van der Waals surface area contributed by atoms with Gasteiger partial charge in [-0.3, -0.25) is 0 Å². The van der Waals surface area contributed by atoms with Crippen molar-refractivity contribution in [2.45, 2.75) is 78.4 Å². The van der Waals surface area contributed by atoms with Crippen LogP contribution in [0.3, 0.4) is 0 Å². The van der Waals surface area contributed by atoms with Gasteiger partial charge >= 0.3 is 103 Å². The minimum absolute atomic E-state index is 0. The summed E-state index contributed by atoms with van der Waals surface area (Å²) < 4.78 is 0. The van der Waals surface area contributed by atoms with E-state index in [1.54, 1.807) is 0 Å². The van der Waals surface area contributed by atoms with Gasteiger partial charge in [0.25, 0.3) is 0 Å². The first-order valence-corrected chi connectivity index (χ1v) is 11.5. The predicted molar refractivity (Wildman–Crippen MR) is 119 cm³/mol. The van der Waals surface area contributed by atoms with E-state index >= 15 is 0 Å². The van der Waals surface area contributed by atoms with Crippen molar-refractivity contribution in [3.05, 3.63) is 70.8 Å². The molecule has 0 aromatic heterocycles. The van der Waals surface area contributed by atoms with Crippen molar-refractivity contribution in [2.75, 3.05) is 0 Å². The first kappa shape index (κ1) is 29.9. The molecule has 2 aliphatic rings. The Kier molecular flexibility index (Phi) is 10.6. The van der Waals surface area contributed by atoms with Gasteiger partial charge in [0.1, 0.15) is 0 Å². The van der Waals surface area contributed by atoms with Gasteiger partial charge in [-0.25, -0.2) is 0 Å². The molecule has 32 heavy (non-hydrogen) atoms. The molecule has 0 radical (unpaired) electrons. The minimum Gasteiger partial charge on any atom is -0.851 e. The van der Waals surface area contributed by atoms with E-state index in [2.05, 4.69) is 77.9 Å². The molecular weight excluding hydrogens is 447 g/mol. The molecule has 4 rings (SSSR count). The average Bonchev–Trinajstić information content (AvgIpc) is 2.66. The van der Waals surface area contributed by atoms with E-state index in [0.717, 1.165) is 24.0 Å². The topological polar surface area (TPSA) is 46.1 Å². The van der Waals surface area contributed by atoms with Crippen LogP contribution in [0.25, 0.3) is 0 Å². The van der Waals surface area contributed by atoms with Gasteiger partial charge in [0, 0.05) is 0 Å². The van der Waals surface area contributed by atoms with Crippen LogP contribution < -0.4 is 113 Å². The summed E-state index contributed by atoms with van der Waals surface area (Å²) in [5, 5.41) is 28.2. The molecule has 0 amide bonds.